The number of hydrogen-bond acceptors (Lipinski definition) is 2. The van der Waals surface area contributed by atoms with Gasteiger partial charge in [-0.2, -0.15) is 0 Å². The molecule has 0 aromatic carbocycles. The van der Waals surface area contributed by atoms with Crippen molar-refractivity contribution in [1.29, 1.82) is 0 Å². The number of ether oxygens (including phenoxy) is 1. The highest BCUT2D eigenvalue weighted by molar-refractivity contribution is 5.82. The van der Waals surface area contributed by atoms with Gasteiger partial charge in [-0.15, -0.1) is 0 Å². The molecule has 0 aromatic rings. The number of carbonyl (C=O) groups excluding carboxylic acids is 1. The number of rotatable bonds is 21. The minimum Gasteiger partial charge on any atom is -0.458 e. The van der Waals surface area contributed by atoms with Gasteiger partial charge in [0.05, 0.1) is 0 Å². The molecule has 242 valence electrons. The van der Waals surface area contributed by atoms with E-state index >= 15 is 0 Å². The SMILES string of the molecule is CCCCCCCCCCCC=CC=CC=CC=CC=CC(=O)OCC=C(C)C=CC=C(C)C=CC1=C(C)CCCC1(C)C. The van der Waals surface area contributed by atoms with E-state index in [4.69, 9.17) is 4.74 Å². The molecule has 0 atom stereocenters. The first-order valence-corrected chi connectivity index (χ1v) is 17.2. The van der Waals surface area contributed by atoms with Crippen LogP contribution < -0.4 is 0 Å². The molecule has 1 aliphatic rings. The Hall–Kier alpha value is -3.13. The zero-order valence-corrected chi connectivity index (χ0v) is 29.0. The van der Waals surface area contributed by atoms with Gasteiger partial charge in [-0.05, 0) is 69.9 Å². The summed E-state index contributed by atoms with van der Waals surface area (Å²) in [7, 11) is 0. The highest BCUT2D eigenvalue weighted by Crippen LogP contribution is 2.40. The summed E-state index contributed by atoms with van der Waals surface area (Å²) in [4.78, 5) is 11.9. The molecule has 44 heavy (non-hydrogen) atoms. The van der Waals surface area contributed by atoms with Crippen molar-refractivity contribution >= 4 is 5.97 Å². The molecule has 0 heterocycles. The molecule has 0 aliphatic heterocycles. The highest BCUT2D eigenvalue weighted by Gasteiger charge is 2.26. The number of unbranched alkanes of at least 4 members (excludes halogenated alkanes) is 9. The van der Waals surface area contributed by atoms with Gasteiger partial charge in [0.1, 0.15) is 6.61 Å². The summed E-state index contributed by atoms with van der Waals surface area (Å²) in [6, 6.07) is 0. The Kier molecular flexibility index (Phi) is 22.3. The van der Waals surface area contributed by atoms with E-state index in [0.29, 0.717) is 0 Å². The smallest absolute Gasteiger partial charge is 0.331 e. The molecule has 0 saturated carbocycles. The van der Waals surface area contributed by atoms with Crippen LogP contribution in [0, 0.1) is 5.41 Å². The summed E-state index contributed by atoms with van der Waals surface area (Å²) in [5.74, 6) is -0.347. The molecule has 2 heteroatoms. The van der Waals surface area contributed by atoms with Gasteiger partial charge < -0.3 is 4.74 Å². The van der Waals surface area contributed by atoms with E-state index in [-0.39, 0.29) is 18.0 Å². The van der Waals surface area contributed by atoms with Crippen LogP contribution in [0.1, 0.15) is 125 Å². The zero-order valence-electron chi connectivity index (χ0n) is 29.0. The second-order valence-corrected chi connectivity index (χ2v) is 12.7. The minimum absolute atomic E-state index is 0.255. The standard InChI is InChI=1S/C42H62O2/c1-7-8-9-10-11-12-13-14-15-16-17-18-19-20-21-22-23-24-25-31-41(43)44-36-34-38(3)29-26-28-37(2)32-33-40-39(4)30-27-35-42(40,5)6/h17-26,28-29,31-34H,7-16,27,30,35-36H2,1-6H3. The Morgan fingerprint density at radius 2 is 1.36 bits per heavy atom. The van der Waals surface area contributed by atoms with Gasteiger partial charge in [-0.3, -0.25) is 0 Å². The van der Waals surface area contributed by atoms with Crippen molar-refractivity contribution in [2.45, 2.75) is 125 Å². The first-order chi connectivity index (χ1) is 21.3. The molecule has 0 N–H and O–H groups in total. The van der Waals surface area contributed by atoms with Crippen LogP contribution >= 0.6 is 0 Å². The van der Waals surface area contributed by atoms with Crippen LogP contribution in [-0.4, -0.2) is 12.6 Å². The molecule has 1 rings (SSSR count). The largest absolute Gasteiger partial charge is 0.458 e. The molecular formula is C42H62O2. The van der Waals surface area contributed by atoms with Crippen molar-refractivity contribution in [2.75, 3.05) is 6.61 Å². The Morgan fingerprint density at radius 3 is 2.02 bits per heavy atom. The van der Waals surface area contributed by atoms with Gasteiger partial charge in [0.15, 0.2) is 0 Å². The summed E-state index contributed by atoms with van der Waals surface area (Å²) in [5, 5.41) is 0. The predicted molar refractivity (Wildman–Crippen MR) is 195 cm³/mol. The van der Waals surface area contributed by atoms with Crippen molar-refractivity contribution in [3.05, 3.63) is 120 Å². The topological polar surface area (TPSA) is 26.3 Å². The Morgan fingerprint density at radius 1 is 0.750 bits per heavy atom. The van der Waals surface area contributed by atoms with Crippen LogP contribution in [0.5, 0.6) is 0 Å². The molecule has 0 saturated heterocycles. The van der Waals surface area contributed by atoms with E-state index in [2.05, 4.69) is 71.1 Å². The summed E-state index contributed by atoms with van der Waals surface area (Å²) < 4.78 is 5.27. The van der Waals surface area contributed by atoms with Crippen LogP contribution in [0.3, 0.4) is 0 Å². The van der Waals surface area contributed by atoms with Crippen LogP contribution in [0.2, 0.25) is 0 Å². The molecule has 0 amide bonds. The summed E-state index contributed by atoms with van der Waals surface area (Å²) in [6.45, 7) is 13.6. The van der Waals surface area contributed by atoms with Crippen molar-refractivity contribution in [2.24, 2.45) is 5.41 Å². The van der Waals surface area contributed by atoms with Crippen molar-refractivity contribution in [1.82, 2.24) is 0 Å². The molecule has 0 aromatic heterocycles. The second kappa shape index (κ2) is 25.2. The Labute approximate surface area is 271 Å². The van der Waals surface area contributed by atoms with Crippen LogP contribution in [0.25, 0.3) is 0 Å². The highest BCUT2D eigenvalue weighted by atomic mass is 16.5. The van der Waals surface area contributed by atoms with Crippen LogP contribution in [0.4, 0.5) is 0 Å². The first-order valence-electron chi connectivity index (χ1n) is 17.2. The van der Waals surface area contributed by atoms with Gasteiger partial charge in [0.25, 0.3) is 0 Å². The van der Waals surface area contributed by atoms with Gasteiger partial charge in [0.2, 0.25) is 0 Å². The Balaban J connectivity index is 2.21. The molecule has 0 fully saturated rings. The average Bonchev–Trinajstić information content (AvgIpc) is 2.97. The summed E-state index contributed by atoms with van der Waals surface area (Å²) in [5.41, 5.74) is 5.52. The quantitative estimate of drug-likeness (QED) is 0.0568. The molecule has 0 radical (unpaired) electrons. The fraction of sp³-hybridized carbons (Fsp3) is 0.500. The second-order valence-electron chi connectivity index (χ2n) is 12.7. The van der Waals surface area contributed by atoms with Crippen molar-refractivity contribution in [3.63, 3.8) is 0 Å². The lowest BCUT2D eigenvalue weighted by Crippen LogP contribution is -2.19. The fourth-order valence-electron chi connectivity index (χ4n) is 5.27. The fourth-order valence-corrected chi connectivity index (χ4v) is 5.27. The normalized spacial score (nSPS) is 17.0. The van der Waals surface area contributed by atoms with E-state index in [1.807, 2.05) is 55.5 Å². The number of carbonyl (C=O) groups is 1. The maximum atomic E-state index is 11.9. The van der Waals surface area contributed by atoms with Crippen molar-refractivity contribution < 1.29 is 9.53 Å². The van der Waals surface area contributed by atoms with Crippen LogP contribution in [0.15, 0.2) is 120 Å². The molecule has 0 spiro atoms. The van der Waals surface area contributed by atoms with E-state index in [1.165, 1.54) is 99.8 Å². The van der Waals surface area contributed by atoms with Gasteiger partial charge in [-0.25, -0.2) is 4.79 Å². The maximum absolute atomic E-state index is 11.9. The van der Waals surface area contributed by atoms with E-state index < -0.39 is 0 Å². The Bertz CT molecular complexity index is 1110. The minimum atomic E-state index is -0.347. The van der Waals surface area contributed by atoms with Gasteiger partial charge in [0, 0.05) is 6.08 Å². The molecule has 2 nitrogen and oxygen atoms in total. The van der Waals surface area contributed by atoms with Gasteiger partial charge in [-0.1, -0.05) is 174 Å². The molecular weight excluding hydrogens is 536 g/mol. The molecule has 0 bridgehead atoms. The van der Waals surface area contributed by atoms with E-state index in [9.17, 15) is 4.79 Å². The number of hydrogen-bond donors (Lipinski definition) is 0. The van der Waals surface area contributed by atoms with E-state index in [1.54, 1.807) is 6.08 Å². The summed E-state index contributed by atoms with van der Waals surface area (Å²) >= 11 is 0. The summed E-state index contributed by atoms with van der Waals surface area (Å²) in [6.07, 6.45) is 49.1. The molecule has 1 aliphatic carbocycles. The molecule has 0 unspecified atom stereocenters. The maximum Gasteiger partial charge on any atom is 0.331 e. The number of esters is 1. The van der Waals surface area contributed by atoms with Gasteiger partial charge >= 0.3 is 5.97 Å². The first kappa shape index (κ1) is 38.9. The van der Waals surface area contributed by atoms with Crippen LogP contribution in [-0.2, 0) is 9.53 Å². The predicted octanol–water partition coefficient (Wildman–Crippen LogP) is 12.8. The number of allylic oxidation sites excluding steroid dienone is 18. The lowest BCUT2D eigenvalue weighted by atomic mass is 9.72. The third-order valence-corrected chi connectivity index (χ3v) is 8.03. The average molecular weight is 599 g/mol. The third-order valence-electron chi connectivity index (χ3n) is 8.03. The lowest BCUT2D eigenvalue weighted by molar-refractivity contribution is -0.136. The van der Waals surface area contributed by atoms with E-state index in [0.717, 1.165) is 12.0 Å². The zero-order chi connectivity index (χ0) is 32.3. The third kappa shape index (κ3) is 20.7. The monoisotopic (exact) mass is 598 g/mol. The van der Waals surface area contributed by atoms with Crippen molar-refractivity contribution in [3.8, 4) is 0 Å². The lowest BCUT2D eigenvalue weighted by Gasteiger charge is -2.32.